The first-order chi connectivity index (χ1) is 9.60. The molecule has 0 saturated heterocycles. The summed E-state index contributed by atoms with van der Waals surface area (Å²) in [6.07, 6.45) is 2.01. The molecule has 0 aliphatic carbocycles. The first-order valence-corrected chi connectivity index (χ1v) is 7.87. The van der Waals surface area contributed by atoms with Crippen LogP contribution in [0.2, 0.25) is 0 Å². The molecule has 6 heteroatoms. The fourth-order valence-corrected chi connectivity index (χ4v) is 2.54. The molecule has 5 nitrogen and oxygen atoms in total. The minimum Gasteiger partial charge on any atom is -0.382 e. The maximum Gasteiger partial charge on any atom is 0.0738 e. The number of rotatable bonds is 10. The second-order valence-corrected chi connectivity index (χ2v) is 5.69. The highest BCUT2D eigenvalue weighted by molar-refractivity contribution is 9.10. The molecule has 0 aliphatic heterocycles. The normalized spacial score (nSPS) is 12.8. The van der Waals surface area contributed by atoms with Gasteiger partial charge in [0, 0.05) is 26.6 Å². The summed E-state index contributed by atoms with van der Waals surface area (Å²) in [7, 11) is 3.67. The van der Waals surface area contributed by atoms with Crippen LogP contribution in [0.15, 0.2) is 4.47 Å². The summed E-state index contributed by atoms with van der Waals surface area (Å²) >= 11 is 3.62. The molecule has 0 amide bonds. The first kappa shape index (κ1) is 17.6. The topological polar surface area (TPSA) is 48.3 Å². The van der Waals surface area contributed by atoms with E-state index in [0.717, 1.165) is 29.6 Å². The van der Waals surface area contributed by atoms with Crippen molar-refractivity contribution in [2.45, 2.75) is 32.7 Å². The number of aryl methyl sites for hydroxylation is 2. The van der Waals surface area contributed by atoms with Crippen molar-refractivity contribution < 1.29 is 9.47 Å². The molecular formula is C14H26BrN3O2. The summed E-state index contributed by atoms with van der Waals surface area (Å²) in [6.45, 7) is 7.12. The molecule has 0 fully saturated rings. The maximum absolute atomic E-state index is 5.66. The van der Waals surface area contributed by atoms with Gasteiger partial charge in [0.05, 0.1) is 35.7 Å². The van der Waals surface area contributed by atoms with E-state index >= 15 is 0 Å². The van der Waals surface area contributed by atoms with Gasteiger partial charge in [-0.15, -0.1) is 0 Å². The minimum atomic E-state index is 0.290. The predicted molar refractivity (Wildman–Crippen MR) is 84.1 cm³/mol. The lowest BCUT2D eigenvalue weighted by atomic mass is 10.1. The van der Waals surface area contributed by atoms with Crippen LogP contribution in [0, 0.1) is 6.92 Å². The van der Waals surface area contributed by atoms with E-state index in [-0.39, 0.29) is 6.04 Å². The lowest BCUT2D eigenvalue weighted by molar-refractivity contribution is 0.0585. The van der Waals surface area contributed by atoms with Gasteiger partial charge in [-0.3, -0.25) is 4.68 Å². The van der Waals surface area contributed by atoms with Gasteiger partial charge in [0.25, 0.3) is 0 Å². The van der Waals surface area contributed by atoms with Gasteiger partial charge in [-0.2, -0.15) is 5.10 Å². The van der Waals surface area contributed by atoms with Crippen LogP contribution in [0.1, 0.15) is 24.7 Å². The largest absolute Gasteiger partial charge is 0.382 e. The summed E-state index contributed by atoms with van der Waals surface area (Å²) < 4.78 is 13.7. The van der Waals surface area contributed by atoms with E-state index in [1.165, 1.54) is 5.69 Å². The van der Waals surface area contributed by atoms with Crippen molar-refractivity contribution >= 4 is 15.9 Å². The van der Waals surface area contributed by atoms with Crippen LogP contribution in [-0.2, 0) is 22.9 Å². The molecule has 1 rings (SSSR count). The summed E-state index contributed by atoms with van der Waals surface area (Å²) in [4.78, 5) is 0. The van der Waals surface area contributed by atoms with Crippen molar-refractivity contribution in [3.05, 3.63) is 15.9 Å². The van der Waals surface area contributed by atoms with Gasteiger partial charge in [0.15, 0.2) is 0 Å². The van der Waals surface area contributed by atoms with Crippen LogP contribution in [0.3, 0.4) is 0 Å². The quantitative estimate of drug-likeness (QED) is 0.658. The summed E-state index contributed by atoms with van der Waals surface area (Å²) in [5, 5.41) is 7.97. The molecule has 1 heterocycles. The van der Waals surface area contributed by atoms with Gasteiger partial charge in [-0.05, 0) is 35.8 Å². The average molecular weight is 348 g/mol. The fraction of sp³-hybridized carbons (Fsp3) is 0.786. The molecule has 0 saturated carbocycles. The number of ether oxygens (including phenoxy) is 2. The summed E-state index contributed by atoms with van der Waals surface area (Å²) in [5.74, 6) is 0. The molecule has 1 aromatic rings. The van der Waals surface area contributed by atoms with Gasteiger partial charge >= 0.3 is 0 Å². The zero-order chi connectivity index (χ0) is 15.0. The van der Waals surface area contributed by atoms with E-state index in [9.17, 15) is 0 Å². The summed E-state index contributed by atoms with van der Waals surface area (Å²) in [5.41, 5.74) is 2.23. The molecule has 0 aromatic carbocycles. The highest BCUT2D eigenvalue weighted by atomic mass is 79.9. The van der Waals surface area contributed by atoms with E-state index < -0.39 is 0 Å². The number of halogens is 1. The van der Waals surface area contributed by atoms with Crippen molar-refractivity contribution in [3.8, 4) is 0 Å². The SMILES string of the molecule is CCCNC(COCCOC)Cc1c(Br)c(C)nn1C. The zero-order valence-corrected chi connectivity index (χ0v) is 14.5. The van der Waals surface area contributed by atoms with E-state index in [1.807, 2.05) is 18.7 Å². The average Bonchev–Trinajstić information content (AvgIpc) is 2.66. The van der Waals surface area contributed by atoms with Gasteiger partial charge in [-0.25, -0.2) is 0 Å². The number of hydrogen-bond acceptors (Lipinski definition) is 4. The van der Waals surface area contributed by atoms with Crippen LogP contribution in [0.5, 0.6) is 0 Å². The first-order valence-electron chi connectivity index (χ1n) is 7.08. The van der Waals surface area contributed by atoms with Crippen LogP contribution in [0.4, 0.5) is 0 Å². The Kier molecular flexibility index (Phi) is 8.37. The second-order valence-electron chi connectivity index (χ2n) is 4.89. The molecule has 0 aliphatic rings. The Bertz CT molecular complexity index is 396. The van der Waals surface area contributed by atoms with Crippen molar-refractivity contribution in [2.75, 3.05) is 33.5 Å². The van der Waals surface area contributed by atoms with Gasteiger partial charge in [-0.1, -0.05) is 6.92 Å². The highest BCUT2D eigenvalue weighted by Crippen LogP contribution is 2.21. The van der Waals surface area contributed by atoms with Crippen LogP contribution < -0.4 is 5.32 Å². The fourth-order valence-electron chi connectivity index (χ4n) is 2.04. The Balaban J connectivity index is 2.58. The third kappa shape index (κ3) is 5.52. The third-order valence-corrected chi connectivity index (χ3v) is 4.17. The number of nitrogens with zero attached hydrogens (tertiary/aromatic N) is 2. The Morgan fingerprint density at radius 3 is 2.70 bits per heavy atom. The highest BCUT2D eigenvalue weighted by Gasteiger charge is 2.16. The maximum atomic E-state index is 5.66. The lowest BCUT2D eigenvalue weighted by Gasteiger charge is -2.19. The third-order valence-electron chi connectivity index (χ3n) is 3.14. The van der Waals surface area contributed by atoms with Crippen molar-refractivity contribution in [3.63, 3.8) is 0 Å². The van der Waals surface area contributed by atoms with Gasteiger partial charge < -0.3 is 14.8 Å². The Morgan fingerprint density at radius 2 is 2.15 bits per heavy atom. The van der Waals surface area contributed by atoms with Crippen LogP contribution >= 0.6 is 15.9 Å². The van der Waals surface area contributed by atoms with E-state index in [2.05, 4.69) is 33.3 Å². The zero-order valence-electron chi connectivity index (χ0n) is 12.9. The molecular weight excluding hydrogens is 322 g/mol. The molecule has 1 N–H and O–H groups in total. The van der Waals surface area contributed by atoms with Crippen molar-refractivity contribution in [1.29, 1.82) is 0 Å². The molecule has 0 spiro atoms. The second kappa shape index (κ2) is 9.50. The minimum absolute atomic E-state index is 0.290. The predicted octanol–water partition coefficient (Wildman–Crippen LogP) is 2.06. The lowest BCUT2D eigenvalue weighted by Crippen LogP contribution is -2.37. The van der Waals surface area contributed by atoms with Crippen LogP contribution in [0.25, 0.3) is 0 Å². The van der Waals surface area contributed by atoms with Gasteiger partial charge in [0.1, 0.15) is 0 Å². The molecule has 0 radical (unpaired) electrons. The van der Waals surface area contributed by atoms with Crippen molar-refractivity contribution in [1.82, 2.24) is 15.1 Å². The molecule has 20 heavy (non-hydrogen) atoms. The van der Waals surface area contributed by atoms with Crippen LogP contribution in [-0.4, -0.2) is 49.3 Å². The molecule has 0 bridgehead atoms. The molecule has 116 valence electrons. The van der Waals surface area contributed by atoms with Crippen molar-refractivity contribution in [2.24, 2.45) is 7.05 Å². The Labute approximate surface area is 130 Å². The monoisotopic (exact) mass is 347 g/mol. The molecule has 1 atom stereocenters. The van der Waals surface area contributed by atoms with E-state index in [0.29, 0.717) is 19.8 Å². The van der Waals surface area contributed by atoms with Gasteiger partial charge in [0.2, 0.25) is 0 Å². The van der Waals surface area contributed by atoms with E-state index in [1.54, 1.807) is 7.11 Å². The molecule has 1 unspecified atom stereocenters. The number of aromatic nitrogens is 2. The number of hydrogen-bond donors (Lipinski definition) is 1. The molecule has 1 aromatic heterocycles. The summed E-state index contributed by atoms with van der Waals surface area (Å²) in [6, 6.07) is 0.290. The van der Waals surface area contributed by atoms with E-state index in [4.69, 9.17) is 9.47 Å². The smallest absolute Gasteiger partial charge is 0.0738 e. The Morgan fingerprint density at radius 1 is 1.40 bits per heavy atom. The number of nitrogens with one attached hydrogen (secondary N) is 1. The Hall–Kier alpha value is -0.430. The number of methoxy groups -OCH3 is 1. The standard InChI is InChI=1S/C14H26BrN3O2/c1-5-6-16-12(10-20-8-7-19-4)9-13-14(15)11(2)17-18(13)3/h12,16H,5-10H2,1-4H3.